The van der Waals surface area contributed by atoms with E-state index in [0.717, 1.165) is 5.56 Å². The maximum Gasteiger partial charge on any atom is 0.208 e. The zero-order valence-corrected chi connectivity index (χ0v) is 15.6. The molecule has 0 saturated carbocycles. The lowest BCUT2D eigenvalue weighted by Gasteiger charge is -2.09. The molecule has 1 N–H and O–H groups in total. The number of nitrogens with zero attached hydrogens (tertiary/aromatic N) is 1. The summed E-state index contributed by atoms with van der Waals surface area (Å²) < 4.78 is 33.5. The highest BCUT2D eigenvalue weighted by Gasteiger charge is 2.26. The SMILES string of the molecule is C=CCc1c(O)ccc2c1c(S(=O)(=O)c1ccc(C)cc1)cn2COC. The molecule has 136 valence electrons. The first kappa shape index (κ1) is 18.2. The van der Waals surface area contributed by atoms with E-state index < -0.39 is 9.84 Å². The molecule has 0 aliphatic rings. The summed E-state index contributed by atoms with van der Waals surface area (Å²) >= 11 is 0. The zero-order chi connectivity index (χ0) is 18.9. The first-order valence-electron chi connectivity index (χ1n) is 8.15. The Bertz CT molecular complexity index is 1060. The van der Waals surface area contributed by atoms with Gasteiger partial charge in [0.05, 0.1) is 15.3 Å². The van der Waals surface area contributed by atoms with Crippen LogP contribution in [0.25, 0.3) is 10.9 Å². The van der Waals surface area contributed by atoms with Gasteiger partial charge in [0.1, 0.15) is 12.5 Å². The van der Waals surface area contributed by atoms with Crippen LogP contribution in [0.2, 0.25) is 0 Å². The van der Waals surface area contributed by atoms with E-state index in [1.807, 2.05) is 6.92 Å². The van der Waals surface area contributed by atoms with Crippen LogP contribution in [0, 0.1) is 6.92 Å². The largest absolute Gasteiger partial charge is 0.508 e. The van der Waals surface area contributed by atoms with E-state index in [1.54, 1.807) is 60.3 Å². The summed E-state index contributed by atoms with van der Waals surface area (Å²) in [6, 6.07) is 9.99. The molecule has 6 heteroatoms. The number of rotatable bonds is 6. The third kappa shape index (κ3) is 3.02. The van der Waals surface area contributed by atoms with E-state index in [2.05, 4.69) is 6.58 Å². The summed E-state index contributed by atoms with van der Waals surface area (Å²) in [5.41, 5.74) is 2.21. The number of aromatic hydroxyl groups is 1. The minimum atomic E-state index is -3.76. The lowest BCUT2D eigenvalue weighted by Crippen LogP contribution is -2.02. The molecule has 0 radical (unpaired) electrons. The Morgan fingerprint density at radius 2 is 1.88 bits per heavy atom. The third-order valence-corrected chi connectivity index (χ3v) is 6.11. The molecule has 26 heavy (non-hydrogen) atoms. The van der Waals surface area contributed by atoms with Crippen LogP contribution in [-0.4, -0.2) is 25.2 Å². The second-order valence-electron chi connectivity index (χ2n) is 6.15. The minimum Gasteiger partial charge on any atom is -0.508 e. The molecule has 0 fully saturated rings. The van der Waals surface area contributed by atoms with Crippen molar-refractivity contribution in [2.45, 2.75) is 29.9 Å². The van der Waals surface area contributed by atoms with Crippen LogP contribution in [0.3, 0.4) is 0 Å². The fourth-order valence-corrected chi connectivity index (χ4v) is 4.57. The van der Waals surface area contributed by atoms with Crippen molar-refractivity contribution in [3.05, 3.63) is 66.4 Å². The molecule has 5 nitrogen and oxygen atoms in total. The molecule has 0 unspecified atom stereocenters. The van der Waals surface area contributed by atoms with E-state index in [4.69, 9.17) is 4.74 Å². The molecular formula is C20H21NO4S. The van der Waals surface area contributed by atoms with Crippen molar-refractivity contribution in [3.8, 4) is 5.75 Å². The molecule has 0 spiro atoms. The van der Waals surface area contributed by atoms with Gasteiger partial charge in [-0.05, 0) is 37.6 Å². The lowest BCUT2D eigenvalue weighted by atomic mass is 10.1. The Kier molecular flexibility index (Phi) is 4.89. The van der Waals surface area contributed by atoms with Crippen LogP contribution in [-0.2, 0) is 27.7 Å². The number of phenols is 1. The third-order valence-electron chi connectivity index (χ3n) is 4.33. The molecular weight excluding hydrogens is 350 g/mol. The summed E-state index contributed by atoms with van der Waals surface area (Å²) in [4.78, 5) is 0.369. The number of benzene rings is 2. The Hall–Kier alpha value is -2.57. The van der Waals surface area contributed by atoms with Crippen LogP contribution >= 0.6 is 0 Å². The van der Waals surface area contributed by atoms with Crippen molar-refractivity contribution >= 4 is 20.7 Å². The molecule has 1 heterocycles. The number of hydrogen-bond acceptors (Lipinski definition) is 4. The van der Waals surface area contributed by atoms with Gasteiger partial charge >= 0.3 is 0 Å². The highest BCUT2D eigenvalue weighted by Crippen LogP contribution is 2.36. The van der Waals surface area contributed by atoms with Crippen molar-refractivity contribution in [1.82, 2.24) is 4.57 Å². The monoisotopic (exact) mass is 371 g/mol. The summed E-state index contributed by atoms with van der Waals surface area (Å²) in [5.74, 6) is 0.0490. The maximum absolute atomic E-state index is 13.3. The maximum atomic E-state index is 13.3. The van der Waals surface area contributed by atoms with Gasteiger partial charge in [-0.15, -0.1) is 6.58 Å². The minimum absolute atomic E-state index is 0.0490. The van der Waals surface area contributed by atoms with Gasteiger partial charge in [-0.2, -0.15) is 0 Å². The molecule has 3 aromatic rings. The molecule has 1 aromatic heterocycles. The number of sulfone groups is 1. The summed E-state index contributed by atoms with van der Waals surface area (Å²) in [6.45, 7) is 5.83. The molecule has 0 atom stereocenters. The van der Waals surface area contributed by atoms with Gasteiger partial charge in [0.15, 0.2) is 0 Å². The topological polar surface area (TPSA) is 68.5 Å². The van der Waals surface area contributed by atoms with E-state index in [1.165, 1.54) is 0 Å². The van der Waals surface area contributed by atoms with E-state index in [-0.39, 0.29) is 22.3 Å². The molecule has 0 aliphatic carbocycles. The predicted molar refractivity (Wildman–Crippen MR) is 101 cm³/mol. The average molecular weight is 371 g/mol. The Labute approximate surface area is 153 Å². The number of aryl methyl sites for hydroxylation is 1. The number of allylic oxidation sites excluding steroid dienone is 1. The van der Waals surface area contributed by atoms with Gasteiger partial charge in [0, 0.05) is 24.3 Å². The number of hydrogen-bond donors (Lipinski definition) is 1. The van der Waals surface area contributed by atoms with Crippen LogP contribution in [0.1, 0.15) is 11.1 Å². The summed E-state index contributed by atoms with van der Waals surface area (Å²) in [5, 5.41) is 10.8. The smallest absolute Gasteiger partial charge is 0.208 e. The van der Waals surface area contributed by atoms with Gasteiger partial charge in [-0.25, -0.2) is 8.42 Å². The number of methoxy groups -OCH3 is 1. The Balaban J connectivity index is 2.35. The number of phenolic OH excluding ortho intramolecular Hbond substituents is 1. The quantitative estimate of drug-likeness (QED) is 0.669. The Morgan fingerprint density at radius 3 is 2.50 bits per heavy atom. The van der Waals surface area contributed by atoms with Crippen LogP contribution in [0.5, 0.6) is 5.75 Å². The molecule has 0 amide bonds. The molecule has 2 aromatic carbocycles. The van der Waals surface area contributed by atoms with Crippen LogP contribution in [0.15, 0.2) is 65.0 Å². The van der Waals surface area contributed by atoms with Gasteiger partial charge in [0.25, 0.3) is 0 Å². The fourth-order valence-electron chi connectivity index (χ4n) is 3.06. The molecule has 0 bridgehead atoms. The van der Waals surface area contributed by atoms with Crippen LogP contribution in [0.4, 0.5) is 0 Å². The first-order valence-corrected chi connectivity index (χ1v) is 9.63. The number of fused-ring (bicyclic) bond motifs is 1. The molecule has 0 saturated heterocycles. The van der Waals surface area contributed by atoms with Gasteiger partial charge < -0.3 is 14.4 Å². The van der Waals surface area contributed by atoms with Crippen molar-refractivity contribution in [2.75, 3.05) is 7.11 Å². The second kappa shape index (κ2) is 6.97. The first-order chi connectivity index (χ1) is 12.4. The van der Waals surface area contributed by atoms with E-state index in [9.17, 15) is 13.5 Å². The highest BCUT2D eigenvalue weighted by atomic mass is 32.2. The fraction of sp³-hybridized carbons (Fsp3) is 0.200. The van der Waals surface area contributed by atoms with Crippen molar-refractivity contribution in [3.63, 3.8) is 0 Å². The van der Waals surface area contributed by atoms with Gasteiger partial charge in [-0.1, -0.05) is 23.8 Å². The van der Waals surface area contributed by atoms with Crippen molar-refractivity contribution in [1.29, 1.82) is 0 Å². The van der Waals surface area contributed by atoms with E-state index in [0.29, 0.717) is 22.9 Å². The standard InChI is InChI=1S/C20H21NO4S/c1-4-5-16-18(22)11-10-17-20(16)19(12-21(17)13-25-3)26(23,24)15-8-6-14(2)7-9-15/h4,6-12,22H,1,5,13H2,2-3H3. The van der Waals surface area contributed by atoms with E-state index >= 15 is 0 Å². The second-order valence-corrected chi connectivity index (χ2v) is 8.07. The number of aromatic nitrogens is 1. The highest BCUT2D eigenvalue weighted by molar-refractivity contribution is 7.91. The van der Waals surface area contributed by atoms with Crippen molar-refractivity contribution < 1.29 is 18.3 Å². The average Bonchev–Trinajstić information content (AvgIpc) is 2.98. The zero-order valence-electron chi connectivity index (χ0n) is 14.8. The van der Waals surface area contributed by atoms with Gasteiger partial charge in [0.2, 0.25) is 9.84 Å². The van der Waals surface area contributed by atoms with Crippen LogP contribution < -0.4 is 0 Å². The number of ether oxygens (including phenoxy) is 1. The van der Waals surface area contributed by atoms with Crippen molar-refractivity contribution in [2.24, 2.45) is 0 Å². The lowest BCUT2D eigenvalue weighted by molar-refractivity contribution is 0.134. The molecule has 3 rings (SSSR count). The molecule has 0 aliphatic heterocycles. The summed E-state index contributed by atoms with van der Waals surface area (Å²) in [7, 11) is -2.21. The van der Waals surface area contributed by atoms with Gasteiger partial charge in [-0.3, -0.25) is 0 Å². The summed E-state index contributed by atoms with van der Waals surface area (Å²) in [6.07, 6.45) is 3.57. The Morgan fingerprint density at radius 1 is 1.19 bits per heavy atom. The predicted octanol–water partition coefficient (Wildman–Crippen LogP) is 3.82. The normalized spacial score (nSPS) is 11.8.